The van der Waals surface area contributed by atoms with Gasteiger partial charge in [-0.1, -0.05) is 25.9 Å². The summed E-state index contributed by atoms with van der Waals surface area (Å²) >= 11 is 0. The first-order valence-corrected chi connectivity index (χ1v) is 6.07. The molecule has 2 rings (SSSR count). The van der Waals surface area contributed by atoms with E-state index in [0.29, 0.717) is 11.3 Å². The van der Waals surface area contributed by atoms with E-state index in [1.54, 1.807) is 7.11 Å². The lowest BCUT2D eigenvalue weighted by molar-refractivity contribution is 0.0858. The summed E-state index contributed by atoms with van der Waals surface area (Å²) in [6.45, 7) is 5.63. The van der Waals surface area contributed by atoms with Gasteiger partial charge in [-0.05, 0) is 24.3 Å². The second-order valence-electron chi connectivity index (χ2n) is 5.38. The van der Waals surface area contributed by atoms with E-state index in [1.165, 1.54) is 6.26 Å². The Hall–Kier alpha value is -2.10. The second-order valence-corrected chi connectivity index (χ2v) is 5.38. The predicted molar refractivity (Wildman–Crippen MR) is 72.3 cm³/mol. The first-order valence-electron chi connectivity index (χ1n) is 6.07. The Morgan fingerprint density at radius 1 is 1.21 bits per heavy atom. The number of hydrogen-bond acceptors (Lipinski definition) is 4. The molecule has 0 atom stereocenters. The third kappa shape index (κ3) is 2.67. The Balaban J connectivity index is 2.41. The zero-order valence-electron chi connectivity index (χ0n) is 11.6. The Kier molecular flexibility index (Phi) is 3.42. The molecule has 1 aromatic heterocycles. The van der Waals surface area contributed by atoms with Crippen LogP contribution >= 0.6 is 0 Å². The largest absolute Gasteiger partial charge is 0.497 e. The quantitative estimate of drug-likeness (QED) is 0.790. The van der Waals surface area contributed by atoms with Crippen molar-refractivity contribution in [3.05, 3.63) is 36.1 Å². The topological polar surface area (TPSA) is 52.3 Å². The monoisotopic (exact) mass is 259 g/mol. The highest BCUT2D eigenvalue weighted by Crippen LogP contribution is 2.29. The molecule has 0 unspecified atom stereocenters. The number of hydrogen-bond donors (Lipinski definition) is 0. The molecule has 0 radical (unpaired) electrons. The number of benzene rings is 1. The van der Waals surface area contributed by atoms with Crippen molar-refractivity contribution in [1.82, 2.24) is 5.16 Å². The minimum absolute atomic E-state index is 0.0135. The fraction of sp³-hybridized carbons (Fsp3) is 0.333. The summed E-state index contributed by atoms with van der Waals surface area (Å²) in [7, 11) is 1.61. The van der Waals surface area contributed by atoms with Gasteiger partial charge in [0.05, 0.1) is 12.7 Å². The van der Waals surface area contributed by atoms with E-state index in [4.69, 9.17) is 9.26 Å². The molecule has 19 heavy (non-hydrogen) atoms. The molecule has 100 valence electrons. The van der Waals surface area contributed by atoms with Crippen LogP contribution in [0.15, 0.2) is 35.1 Å². The Bertz CT molecular complexity index is 576. The van der Waals surface area contributed by atoms with E-state index in [0.717, 1.165) is 11.3 Å². The van der Waals surface area contributed by atoms with Gasteiger partial charge in [-0.25, -0.2) is 0 Å². The first-order chi connectivity index (χ1) is 8.93. The number of Topliss-reactive ketones (excluding diaryl/α,β-unsaturated/α-hetero) is 1. The maximum atomic E-state index is 12.3. The van der Waals surface area contributed by atoms with E-state index >= 15 is 0 Å². The summed E-state index contributed by atoms with van der Waals surface area (Å²) in [6.07, 6.45) is 1.41. The summed E-state index contributed by atoms with van der Waals surface area (Å²) < 4.78 is 10.1. The van der Waals surface area contributed by atoms with Gasteiger partial charge in [0.25, 0.3) is 0 Å². The molecule has 0 saturated carbocycles. The van der Waals surface area contributed by atoms with Gasteiger partial charge in [0.2, 0.25) is 0 Å². The fourth-order valence-corrected chi connectivity index (χ4v) is 1.76. The van der Waals surface area contributed by atoms with Crippen molar-refractivity contribution in [1.29, 1.82) is 0 Å². The van der Waals surface area contributed by atoms with Crippen LogP contribution in [0.3, 0.4) is 0 Å². The maximum absolute atomic E-state index is 12.3. The first kappa shape index (κ1) is 13.3. The van der Waals surface area contributed by atoms with Crippen molar-refractivity contribution in [2.45, 2.75) is 20.8 Å². The molecule has 4 nitrogen and oxygen atoms in total. The van der Waals surface area contributed by atoms with Crippen LogP contribution in [0.4, 0.5) is 0 Å². The van der Waals surface area contributed by atoms with Gasteiger partial charge in [-0.2, -0.15) is 0 Å². The lowest BCUT2D eigenvalue weighted by Crippen LogP contribution is -2.20. The van der Waals surface area contributed by atoms with Gasteiger partial charge in [0.15, 0.2) is 5.78 Å². The normalized spacial score (nSPS) is 11.4. The van der Waals surface area contributed by atoms with Gasteiger partial charge in [-0.3, -0.25) is 4.79 Å². The molecule has 1 aromatic carbocycles. The molecule has 0 aliphatic rings. The molecular formula is C15H17NO3. The highest BCUT2D eigenvalue weighted by molar-refractivity contribution is 6.04. The zero-order chi connectivity index (χ0) is 14.0. The lowest BCUT2D eigenvalue weighted by atomic mass is 9.86. The summed E-state index contributed by atoms with van der Waals surface area (Å²) in [5.41, 5.74) is 1.45. The number of aromatic nitrogens is 1. The van der Waals surface area contributed by atoms with Crippen molar-refractivity contribution < 1.29 is 14.1 Å². The number of carbonyl (C=O) groups is 1. The van der Waals surface area contributed by atoms with E-state index < -0.39 is 5.41 Å². The molecule has 2 aromatic rings. The Morgan fingerprint density at radius 3 is 2.37 bits per heavy atom. The number of rotatable bonds is 3. The summed E-state index contributed by atoms with van der Waals surface area (Å²) in [6, 6.07) is 7.37. The van der Waals surface area contributed by atoms with Crippen LogP contribution in [0.5, 0.6) is 5.75 Å². The van der Waals surface area contributed by atoms with Crippen molar-refractivity contribution in [2.75, 3.05) is 7.11 Å². The summed E-state index contributed by atoms with van der Waals surface area (Å²) in [5, 5.41) is 3.94. The molecule has 0 N–H and O–H groups in total. The third-order valence-electron chi connectivity index (χ3n) is 2.86. The zero-order valence-corrected chi connectivity index (χ0v) is 11.6. The number of ether oxygens (including phenoxy) is 1. The van der Waals surface area contributed by atoms with Gasteiger partial charge in [0.1, 0.15) is 17.7 Å². The van der Waals surface area contributed by atoms with E-state index in [9.17, 15) is 4.79 Å². The van der Waals surface area contributed by atoms with Gasteiger partial charge >= 0.3 is 0 Å². The third-order valence-corrected chi connectivity index (χ3v) is 2.86. The number of nitrogens with zero attached hydrogens (tertiary/aromatic N) is 1. The van der Waals surface area contributed by atoms with Crippen LogP contribution in [-0.4, -0.2) is 18.0 Å². The van der Waals surface area contributed by atoms with Crippen LogP contribution in [-0.2, 0) is 0 Å². The molecule has 0 aliphatic carbocycles. The van der Waals surface area contributed by atoms with Gasteiger partial charge < -0.3 is 9.26 Å². The fourth-order valence-electron chi connectivity index (χ4n) is 1.76. The molecule has 1 heterocycles. The number of carbonyl (C=O) groups excluding carboxylic acids is 1. The molecule has 0 amide bonds. The van der Waals surface area contributed by atoms with Crippen LogP contribution in [0.1, 0.15) is 31.1 Å². The minimum atomic E-state index is -0.466. The lowest BCUT2D eigenvalue weighted by Gasteiger charge is -2.15. The predicted octanol–water partition coefficient (Wildman–Crippen LogP) is 3.58. The molecule has 0 bridgehead atoms. The highest BCUT2D eigenvalue weighted by atomic mass is 16.5. The average Bonchev–Trinajstić information content (AvgIpc) is 2.85. The number of methoxy groups -OCH3 is 1. The SMILES string of the molecule is COc1ccc(-c2nocc2C(=O)C(C)(C)C)cc1. The van der Waals surface area contributed by atoms with Crippen molar-refractivity contribution in [2.24, 2.45) is 5.41 Å². The summed E-state index contributed by atoms with van der Waals surface area (Å²) in [5.74, 6) is 0.774. The van der Waals surface area contributed by atoms with Crippen molar-refractivity contribution in [3.63, 3.8) is 0 Å². The molecule has 0 aliphatic heterocycles. The van der Waals surface area contributed by atoms with E-state index in [2.05, 4.69) is 5.16 Å². The average molecular weight is 259 g/mol. The van der Waals surface area contributed by atoms with Crippen LogP contribution in [0.2, 0.25) is 0 Å². The van der Waals surface area contributed by atoms with E-state index in [1.807, 2.05) is 45.0 Å². The maximum Gasteiger partial charge on any atom is 0.173 e. The van der Waals surface area contributed by atoms with Crippen LogP contribution in [0.25, 0.3) is 11.3 Å². The second kappa shape index (κ2) is 4.88. The van der Waals surface area contributed by atoms with Crippen molar-refractivity contribution >= 4 is 5.78 Å². The molecule has 0 spiro atoms. The van der Waals surface area contributed by atoms with Crippen LogP contribution in [0, 0.1) is 5.41 Å². The standard InChI is InChI=1S/C15H17NO3/c1-15(2,3)14(17)12-9-19-16-13(12)10-5-7-11(18-4)8-6-10/h5-9H,1-4H3. The number of ketones is 1. The van der Waals surface area contributed by atoms with Crippen molar-refractivity contribution in [3.8, 4) is 17.0 Å². The van der Waals surface area contributed by atoms with Crippen LogP contribution < -0.4 is 4.74 Å². The highest BCUT2D eigenvalue weighted by Gasteiger charge is 2.27. The van der Waals surface area contributed by atoms with Gasteiger partial charge in [0, 0.05) is 11.0 Å². The Morgan fingerprint density at radius 2 is 1.84 bits per heavy atom. The minimum Gasteiger partial charge on any atom is -0.497 e. The smallest absolute Gasteiger partial charge is 0.173 e. The van der Waals surface area contributed by atoms with Gasteiger partial charge in [-0.15, -0.1) is 0 Å². The van der Waals surface area contributed by atoms with E-state index in [-0.39, 0.29) is 5.78 Å². The molecule has 4 heteroatoms. The molecular weight excluding hydrogens is 242 g/mol. The molecule has 0 saturated heterocycles. The summed E-state index contributed by atoms with van der Waals surface area (Å²) in [4.78, 5) is 12.3. The Labute approximate surface area is 112 Å². The molecule has 0 fully saturated rings.